The van der Waals surface area contributed by atoms with E-state index in [1.165, 1.54) is 24.3 Å². The minimum atomic E-state index is -0.598. The van der Waals surface area contributed by atoms with Gasteiger partial charge >= 0.3 is 5.97 Å². The van der Waals surface area contributed by atoms with Crippen LogP contribution in [0.4, 0.5) is 4.39 Å². The van der Waals surface area contributed by atoms with Crippen LogP contribution in [0.3, 0.4) is 0 Å². The topological polar surface area (TPSA) is 64.7 Å². The number of carbonyl (C=O) groups is 1. The maximum Gasteiger partial charge on any atom is 0.365 e. The molecule has 0 aliphatic carbocycles. The van der Waals surface area contributed by atoms with Crippen LogP contribution in [0.25, 0.3) is 0 Å². The molecule has 2 N–H and O–H groups in total. The van der Waals surface area contributed by atoms with E-state index in [1.54, 1.807) is 18.2 Å². The molecule has 0 fully saturated rings. The zero-order valence-electron chi connectivity index (χ0n) is 10.8. The number of oxime groups is 1. The van der Waals surface area contributed by atoms with Crippen molar-refractivity contribution in [1.29, 1.82) is 0 Å². The molecule has 0 aromatic heterocycles. The summed E-state index contributed by atoms with van der Waals surface area (Å²) >= 11 is 0. The van der Waals surface area contributed by atoms with Gasteiger partial charge in [-0.15, -0.1) is 0 Å². The molecule has 0 saturated heterocycles. The summed E-state index contributed by atoms with van der Waals surface area (Å²) in [7, 11) is 0. The number of halogens is 1. The fourth-order valence-corrected chi connectivity index (χ4v) is 1.59. The van der Waals surface area contributed by atoms with Gasteiger partial charge in [0.15, 0.2) is 5.84 Å². The fraction of sp³-hybridized carbons (Fsp3) is 0.0667. The second kappa shape index (κ2) is 5.97. The predicted octanol–water partition coefficient (Wildman–Crippen LogP) is 2.61. The number of nitrogens with two attached hydrogens (primary N) is 1. The molecular formula is C15H13FN2O2. The Hall–Kier alpha value is -2.69. The third kappa shape index (κ3) is 3.41. The lowest BCUT2D eigenvalue weighted by Gasteiger charge is -2.02. The van der Waals surface area contributed by atoms with Gasteiger partial charge in [-0.2, -0.15) is 0 Å². The van der Waals surface area contributed by atoms with Crippen molar-refractivity contribution in [3.05, 3.63) is 71.0 Å². The van der Waals surface area contributed by atoms with Gasteiger partial charge in [-0.3, -0.25) is 0 Å². The molecule has 0 aliphatic rings. The molecule has 0 aliphatic heterocycles. The van der Waals surface area contributed by atoms with Crippen molar-refractivity contribution in [1.82, 2.24) is 0 Å². The molecule has 0 atom stereocenters. The standard InChI is InChI=1S/C15H13FN2O2/c1-10-3-2-4-12(9-10)15(19)20-18-14(17)11-5-7-13(16)8-6-11/h2-9H,1H3,(H2,17,18). The lowest BCUT2D eigenvalue weighted by atomic mass is 10.1. The lowest BCUT2D eigenvalue weighted by molar-refractivity contribution is 0.0516. The van der Waals surface area contributed by atoms with Crippen molar-refractivity contribution in [3.63, 3.8) is 0 Å². The molecule has 0 spiro atoms. The normalized spacial score (nSPS) is 11.2. The molecule has 0 heterocycles. The first-order chi connectivity index (χ1) is 9.56. The van der Waals surface area contributed by atoms with Crippen LogP contribution in [0.5, 0.6) is 0 Å². The molecule has 4 nitrogen and oxygen atoms in total. The molecule has 0 radical (unpaired) electrons. The van der Waals surface area contributed by atoms with Crippen LogP contribution in [-0.4, -0.2) is 11.8 Å². The Morgan fingerprint density at radius 3 is 2.50 bits per heavy atom. The van der Waals surface area contributed by atoms with Gasteiger partial charge in [-0.1, -0.05) is 22.9 Å². The number of carbonyl (C=O) groups excluding carboxylic acids is 1. The van der Waals surface area contributed by atoms with Crippen LogP contribution in [-0.2, 0) is 4.84 Å². The molecule has 102 valence electrons. The van der Waals surface area contributed by atoms with Gasteiger partial charge in [0, 0.05) is 5.56 Å². The van der Waals surface area contributed by atoms with Gasteiger partial charge in [0.2, 0.25) is 0 Å². The van der Waals surface area contributed by atoms with Crippen molar-refractivity contribution in [3.8, 4) is 0 Å². The molecule has 2 aromatic rings. The molecule has 20 heavy (non-hydrogen) atoms. The van der Waals surface area contributed by atoms with Crippen molar-refractivity contribution in [2.75, 3.05) is 0 Å². The number of hydrogen-bond acceptors (Lipinski definition) is 3. The van der Waals surface area contributed by atoms with E-state index < -0.39 is 5.97 Å². The molecule has 2 aromatic carbocycles. The zero-order valence-corrected chi connectivity index (χ0v) is 10.8. The van der Waals surface area contributed by atoms with E-state index in [0.29, 0.717) is 11.1 Å². The van der Waals surface area contributed by atoms with Gasteiger partial charge in [-0.05, 0) is 43.3 Å². The first kappa shape index (κ1) is 13.7. The van der Waals surface area contributed by atoms with Crippen LogP contribution in [0.15, 0.2) is 53.7 Å². The average molecular weight is 272 g/mol. The number of amidine groups is 1. The van der Waals surface area contributed by atoms with E-state index in [1.807, 2.05) is 13.0 Å². The largest absolute Gasteiger partial charge is 0.380 e. The molecule has 0 bridgehead atoms. The summed E-state index contributed by atoms with van der Waals surface area (Å²) < 4.78 is 12.8. The highest BCUT2D eigenvalue weighted by molar-refractivity contribution is 5.98. The summed E-state index contributed by atoms with van der Waals surface area (Å²) in [6.45, 7) is 1.87. The number of hydrogen-bond donors (Lipinski definition) is 1. The van der Waals surface area contributed by atoms with Crippen LogP contribution in [0.2, 0.25) is 0 Å². The Morgan fingerprint density at radius 2 is 1.85 bits per heavy atom. The minimum Gasteiger partial charge on any atom is -0.380 e. The highest BCUT2D eigenvalue weighted by Crippen LogP contribution is 2.07. The molecule has 0 unspecified atom stereocenters. The smallest absolute Gasteiger partial charge is 0.365 e. The number of benzene rings is 2. The van der Waals surface area contributed by atoms with Gasteiger partial charge in [0.1, 0.15) is 5.82 Å². The predicted molar refractivity (Wildman–Crippen MR) is 73.7 cm³/mol. The summed E-state index contributed by atoms with van der Waals surface area (Å²) in [5.41, 5.74) is 7.46. The summed E-state index contributed by atoms with van der Waals surface area (Å²) in [6.07, 6.45) is 0. The summed E-state index contributed by atoms with van der Waals surface area (Å²) in [6, 6.07) is 12.3. The van der Waals surface area contributed by atoms with Crippen molar-refractivity contribution in [2.45, 2.75) is 6.92 Å². The third-order valence-corrected chi connectivity index (χ3v) is 2.62. The summed E-state index contributed by atoms with van der Waals surface area (Å²) in [4.78, 5) is 16.5. The number of rotatable bonds is 3. The van der Waals surface area contributed by atoms with Crippen LogP contribution < -0.4 is 5.73 Å². The van der Waals surface area contributed by atoms with Gasteiger partial charge in [-0.25, -0.2) is 9.18 Å². The Morgan fingerprint density at radius 1 is 1.15 bits per heavy atom. The van der Waals surface area contributed by atoms with E-state index in [-0.39, 0.29) is 11.7 Å². The second-order valence-corrected chi connectivity index (χ2v) is 4.23. The highest BCUT2D eigenvalue weighted by Gasteiger charge is 2.08. The molecular weight excluding hydrogens is 259 g/mol. The van der Waals surface area contributed by atoms with E-state index in [2.05, 4.69) is 5.16 Å². The fourth-order valence-electron chi connectivity index (χ4n) is 1.59. The summed E-state index contributed by atoms with van der Waals surface area (Å²) in [5.74, 6) is -0.969. The van der Waals surface area contributed by atoms with E-state index in [9.17, 15) is 9.18 Å². The Kier molecular flexibility index (Phi) is 4.10. The number of aryl methyl sites for hydroxylation is 1. The van der Waals surface area contributed by atoms with Crippen LogP contribution in [0.1, 0.15) is 21.5 Å². The average Bonchev–Trinajstić information content (AvgIpc) is 2.45. The summed E-state index contributed by atoms with van der Waals surface area (Å²) in [5, 5.41) is 3.55. The van der Waals surface area contributed by atoms with Crippen LogP contribution >= 0.6 is 0 Å². The SMILES string of the molecule is Cc1cccc(C(=O)O/N=C(\N)c2ccc(F)cc2)c1. The third-order valence-electron chi connectivity index (χ3n) is 2.62. The van der Waals surface area contributed by atoms with Crippen molar-refractivity contribution >= 4 is 11.8 Å². The molecule has 0 saturated carbocycles. The monoisotopic (exact) mass is 272 g/mol. The highest BCUT2D eigenvalue weighted by atomic mass is 19.1. The lowest BCUT2D eigenvalue weighted by Crippen LogP contribution is -2.15. The maximum absolute atomic E-state index is 12.8. The Bertz CT molecular complexity index is 651. The molecule has 5 heteroatoms. The Labute approximate surface area is 115 Å². The first-order valence-electron chi connectivity index (χ1n) is 5.93. The maximum atomic E-state index is 12.8. The van der Waals surface area contributed by atoms with Gasteiger partial charge < -0.3 is 10.6 Å². The van der Waals surface area contributed by atoms with E-state index in [0.717, 1.165) is 5.56 Å². The van der Waals surface area contributed by atoms with E-state index >= 15 is 0 Å². The molecule has 2 rings (SSSR count). The minimum absolute atomic E-state index is 0.00556. The van der Waals surface area contributed by atoms with Crippen molar-refractivity contribution in [2.24, 2.45) is 10.9 Å². The zero-order chi connectivity index (χ0) is 14.5. The second-order valence-electron chi connectivity index (χ2n) is 4.23. The van der Waals surface area contributed by atoms with Gasteiger partial charge in [0.25, 0.3) is 0 Å². The van der Waals surface area contributed by atoms with Crippen molar-refractivity contribution < 1.29 is 14.0 Å². The Balaban J connectivity index is 2.08. The quantitative estimate of drug-likeness (QED) is 0.404. The first-order valence-corrected chi connectivity index (χ1v) is 5.93. The molecule has 0 amide bonds. The van der Waals surface area contributed by atoms with E-state index in [4.69, 9.17) is 10.6 Å². The van der Waals surface area contributed by atoms with Crippen LogP contribution in [0, 0.1) is 12.7 Å². The van der Waals surface area contributed by atoms with Gasteiger partial charge in [0.05, 0.1) is 5.56 Å². The number of nitrogens with zero attached hydrogens (tertiary/aromatic N) is 1.